The lowest BCUT2D eigenvalue weighted by Gasteiger charge is -2.37. The van der Waals surface area contributed by atoms with Crippen molar-refractivity contribution < 1.29 is 71.3 Å². The average Bonchev–Trinajstić information content (AvgIpc) is 2.21. The van der Waals surface area contributed by atoms with Gasteiger partial charge in [0.25, 0.3) is 0 Å². The van der Waals surface area contributed by atoms with E-state index >= 15 is 0 Å². The van der Waals surface area contributed by atoms with Gasteiger partial charge < -0.3 is 0 Å². The van der Waals surface area contributed by atoms with Crippen molar-refractivity contribution in [3.05, 3.63) is 0 Å². The monoisotopic (exact) mass is 394 g/mol. The molecule has 0 amide bonds. The highest BCUT2D eigenvalue weighted by molar-refractivity contribution is 5.77. The molecule has 16 heteroatoms. The normalized spacial score (nSPS) is 19.6. The fourth-order valence-corrected chi connectivity index (χ4v) is 0.981. The van der Waals surface area contributed by atoms with Crippen LogP contribution in [0.15, 0.2) is 0 Å². The Morgan fingerprint density at radius 1 is 0.708 bits per heavy atom. The van der Waals surface area contributed by atoms with Crippen molar-refractivity contribution in [1.29, 1.82) is 0 Å². The van der Waals surface area contributed by atoms with Gasteiger partial charge in [0, 0.05) is 6.92 Å². The van der Waals surface area contributed by atoms with Gasteiger partial charge in [0.2, 0.25) is 0 Å². The minimum Gasteiger partial charge on any atom is -0.268 e. The number of carbonyl (C=O) groups excluding carboxylic acids is 1. The molecule has 0 aliphatic carbocycles. The summed E-state index contributed by atoms with van der Waals surface area (Å²) in [5.74, 6) is -13.9. The standard InChI is InChI=1S/C8H3F13O3/c1-3(10,11)23-5(13,7(17,18)19)8(20,21)24-4(12,2(9)22)6(14,15)16/h1H3. The van der Waals surface area contributed by atoms with Gasteiger partial charge in [-0.05, 0) is 0 Å². The lowest BCUT2D eigenvalue weighted by molar-refractivity contribution is -0.523. The van der Waals surface area contributed by atoms with E-state index in [4.69, 9.17) is 0 Å². The Bertz CT molecular complexity index is 477. The zero-order valence-corrected chi connectivity index (χ0v) is 10.6. The number of hydrogen-bond acceptors (Lipinski definition) is 3. The molecule has 2 atom stereocenters. The predicted octanol–water partition coefficient (Wildman–Crippen LogP) is 4.18. The van der Waals surface area contributed by atoms with Gasteiger partial charge in [0.05, 0.1) is 0 Å². The van der Waals surface area contributed by atoms with E-state index in [0.29, 0.717) is 0 Å². The molecule has 0 saturated carbocycles. The molecular weight excluding hydrogens is 391 g/mol. The van der Waals surface area contributed by atoms with Crippen LogP contribution in [-0.4, -0.2) is 42.3 Å². The van der Waals surface area contributed by atoms with E-state index in [-0.39, 0.29) is 0 Å². The molecule has 0 saturated heterocycles. The van der Waals surface area contributed by atoms with Crippen LogP contribution < -0.4 is 0 Å². The first-order chi connectivity index (χ1) is 10.1. The summed E-state index contributed by atoms with van der Waals surface area (Å²) in [6.07, 6.45) is -27.0. The summed E-state index contributed by atoms with van der Waals surface area (Å²) in [5.41, 5.74) is 0. The highest BCUT2D eigenvalue weighted by atomic mass is 19.4. The van der Waals surface area contributed by atoms with Gasteiger partial charge in [-0.2, -0.15) is 57.1 Å². The topological polar surface area (TPSA) is 35.5 Å². The van der Waals surface area contributed by atoms with Crippen LogP contribution in [0, 0.1) is 0 Å². The third-order valence-electron chi connectivity index (χ3n) is 1.95. The van der Waals surface area contributed by atoms with Crippen LogP contribution in [0.25, 0.3) is 0 Å². The quantitative estimate of drug-likeness (QED) is 0.501. The van der Waals surface area contributed by atoms with Crippen molar-refractivity contribution in [2.75, 3.05) is 0 Å². The van der Waals surface area contributed by atoms with E-state index in [0.717, 1.165) is 0 Å². The van der Waals surface area contributed by atoms with Crippen molar-refractivity contribution in [3.63, 3.8) is 0 Å². The number of ether oxygens (including phenoxy) is 2. The maximum atomic E-state index is 13.3. The number of hydrogen-bond donors (Lipinski definition) is 0. The first-order valence-corrected chi connectivity index (χ1v) is 4.98. The molecule has 0 aromatic rings. The van der Waals surface area contributed by atoms with Crippen LogP contribution in [-0.2, 0) is 14.3 Å². The van der Waals surface area contributed by atoms with Crippen LogP contribution in [0.4, 0.5) is 57.1 Å². The zero-order chi connectivity index (χ0) is 20.0. The van der Waals surface area contributed by atoms with Crippen LogP contribution in [0.3, 0.4) is 0 Å². The third kappa shape index (κ3) is 4.20. The Balaban J connectivity index is 6.18. The second kappa shape index (κ2) is 5.89. The first kappa shape index (κ1) is 22.7. The minimum atomic E-state index is -7.28. The second-order valence-electron chi connectivity index (χ2n) is 3.99. The number of carbonyl (C=O) groups is 1. The van der Waals surface area contributed by atoms with E-state index in [1.54, 1.807) is 4.74 Å². The van der Waals surface area contributed by atoms with Gasteiger partial charge in [0.15, 0.2) is 0 Å². The molecule has 24 heavy (non-hydrogen) atoms. The second-order valence-corrected chi connectivity index (χ2v) is 3.99. The summed E-state index contributed by atoms with van der Waals surface area (Å²) in [4.78, 5) is 9.84. The van der Waals surface area contributed by atoms with Gasteiger partial charge >= 0.3 is 42.3 Å². The predicted molar refractivity (Wildman–Crippen MR) is 43.6 cm³/mol. The molecule has 0 rings (SSSR count). The summed E-state index contributed by atoms with van der Waals surface area (Å²) in [7, 11) is 0. The van der Waals surface area contributed by atoms with Crippen molar-refractivity contribution in [3.8, 4) is 0 Å². The van der Waals surface area contributed by atoms with E-state index < -0.39 is 49.2 Å². The summed E-state index contributed by atoms with van der Waals surface area (Å²) >= 11 is 0. The van der Waals surface area contributed by atoms with Gasteiger partial charge in [0.1, 0.15) is 0 Å². The molecule has 0 aromatic heterocycles. The van der Waals surface area contributed by atoms with Gasteiger partial charge in [-0.3, -0.25) is 14.3 Å². The SMILES string of the molecule is CC(F)(F)OC(F)(C(F)(F)F)C(F)(F)OC(F)(C(=O)F)C(F)(F)F. The largest absolute Gasteiger partial charge is 0.459 e. The highest BCUT2D eigenvalue weighted by Crippen LogP contribution is 2.52. The summed E-state index contributed by atoms with van der Waals surface area (Å²) in [6, 6.07) is -4.46. The van der Waals surface area contributed by atoms with E-state index in [1.165, 1.54) is 0 Å². The van der Waals surface area contributed by atoms with Crippen molar-refractivity contribution in [2.24, 2.45) is 0 Å². The minimum absolute atomic E-state index is 0.740. The molecule has 0 aliphatic rings. The molecule has 0 fully saturated rings. The third-order valence-corrected chi connectivity index (χ3v) is 1.95. The molecule has 0 radical (unpaired) electrons. The fraction of sp³-hybridized carbons (Fsp3) is 0.875. The molecule has 0 aliphatic heterocycles. The smallest absolute Gasteiger partial charge is 0.268 e. The van der Waals surface area contributed by atoms with Crippen LogP contribution in [0.2, 0.25) is 0 Å². The van der Waals surface area contributed by atoms with Crippen LogP contribution in [0.1, 0.15) is 6.92 Å². The maximum Gasteiger partial charge on any atom is 0.459 e. The zero-order valence-electron chi connectivity index (χ0n) is 10.6. The summed E-state index contributed by atoms with van der Waals surface area (Å²) < 4.78 is 165. The van der Waals surface area contributed by atoms with E-state index in [2.05, 4.69) is 0 Å². The lowest BCUT2D eigenvalue weighted by Crippen LogP contribution is -2.65. The van der Waals surface area contributed by atoms with Crippen LogP contribution >= 0.6 is 0 Å². The molecule has 144 valence electrons. The van der Waals surface area contributed by atoms with Gasteiger partial charge in [-0.15, -0.1) is 0 Å². The first-order valence-electron chi connectivity index (χ1n) is 4.98. The molecule has 0 N–H and O–H groups in total. The fourth-order valence-electron chi connectivity index (χ4n) is 0.981. The maximum absolute atomic E-state index is 13.3. The molecule has 2 unspecified atom stereocenters. The Morgan fingerprint density at radius 2 is 1.08 bits per heavy atom. The Hall–Kier alpha value is -1.32. The number of rotatable bonds is 6. The summed E-state index contributed by atoms with van der Waals surface area (Å²) in [6.45, 7) is -0.740. The van der Waals surface area contributed by atoms with Crippen molar-refractivity contribution in [1.82, 2.24) is 0 Å². The Labute approximate surface area is 122 Å². The Kier molecular flexibility index (Phi) is 5.56. The van der Waals surface area contributed by atoms with E-state index in [1.807, 2.05) is 4.74 Å². The highest BCUT2D eigenvalue weighted by Gasteiger charge is 2.81. The average molecular weight is 394 g/mol. The number of alkyl halides is 12. The Morgan fingerprint density at radius 3 is 1.29 bits per heavy atom. The molecule has 0 heterocycles. The number of halogens is 13. The molecule has 0 aromatic carbocycles. The molecule has 3 nitrogen and oxygen atoms in total. The van der Waals surface area contributed by atoms with Gasteiger partial charge in [-0.1, -0.05) is 0 Å². The van der Waals surface area contributed by atoms with Gasteiger partial charge in [-0.25, -0.2) is 0 Å². The molecule has 0 spiro atoms. The lowest BCUT2D eigenvalue weighted by atomic mass is 10.2. The van der Waals surface area contributed by atoms with Crippen molar-refractivity contribution in [2.45, 2.75) is 43.2 Å². The molecular formula is C8H3F13O3. The van der Waals surface area contributed by atoms with E-state index in [9.17, 15) is 61.9 Å². The summed E-state index contributed by atoms with van der Waals surface area (Å²) in [5, 5.41) is 0. The molecule has 0 bridgehead atoms. The van der Waals surface area contributed by atoms with Crippen LogP contribution in [0.5, 0.6) is 0 Å². The van der Waals surface area contributed by atoms with Crippen molar-refractivity contribution >= 4 is 6.04 Å².